The molecule has 0 fully saturated rings. The molecule has 0 aromatic heterocycles. The van der Waals surface area contributed by atoms with Gasteiger partial charge in [-0.25, -0.2) is 10.1 Å². The monoisotopic (exact) mass is 352 g/mol. The molecule has 0 aliphatic carbocycles. The van der Waals surface area contributed by atoms with Gasteiger partial charge in [-0.3, -0.25) is 40.5 Å². The third-order valence-electron chi connectivity index (χ3n) is 2.27. The molecule has 1 aromatic rings. The number of nitro benzene ring substituents is 4. The van der Waals surface area contributed by atoms with E-state index in [1.165, 1.54) is 0 Å². The second-order valence-electron chi connectivity index (χ2n) is 3.48. The van der Waals surface area contributed by atoms with Gasteiger partial charge in [-0.2, -0.15) is 0 Å². The van der Waals surface area contributed by atoms with Crippen LogP contribution in [0.2, 0.25) is 5.02 Å². The highest BCUT2D eigenvalue weighted by Crippen LogP contribution is 2.52. The summed E-state index contributed by atoms with van der Waals surface area (Å²) in [6, 6.07) is 0. The van der Waals surface area contributed by atoms with Gasteiger partial charge in [0, 0.05) is 0 Å². The fourth-order valence-corrected chi connectivity index (χ4v) is 1.84. The highest BCUT2D eigenvalue weighted by Gasteiger charge is 2.50. The van der Waals surface area contributed by atoms with Gasteiger partial charge in [-0.1, -0.05) is 17.0 Å². The number of hydrazine groups is 1. The summed E-state index contributed by atoms with van der Waals surface area (Å²) in [4.78, 5) is 47.6. The fraction of sp³-hybridized carbons (Fsp3) is 0. The van der Waals surface area contributed by atoms with Gasteiger partial charge in [0.15, 0.2) is 10.1 Å². The van der Waals surface area contributed by atoms with E-state index in [0.717, 1.165) is 5.43 Å². The number of halogens is 1. The van der Waals surface area contributed by atoms with Crippen molar-refractivity contribution in [2.45, 2.75) is 0 Å². The van der Waals surface area contributed by atoms with Crippen molar-refractivity contribution in [3.63, 3.8) is 0 Å². The normalized spacial score (nSPS) is 9.96. The second-order valence-corrected chi connectivity index (χ2v) is 3.86. The molecule has 0 heterocycles. The van der Waals surface area contributed by atoms with Crippen LogP contribution < -0.4 is 5.43 Å². The number of nitrogens with zero attached hydrogens (tertiary/aromatic N) is 5. The van der Waals surface area contributed by atoms with Crippen LogP contribution in [0.25, 0.3) is 0 Å². The average molecular weight is 353 g/mol. The molecule has 0 aliphatic heterocycles. The predicted molar refractivity (Wildman–Crippen MR) is 68.7 cm³/mol. The second kappa shape index (κ2) is 5.97. The van der Waals surface area contributed by atoms with Crippen molar-refractivity contribution in [2.75, 3.05) is 5.43 Å². The third kappa shape index (κ3) is 3.00. The van der Waals surface area contributed by atoms with Crippen LogP contribution in [0.15, 0.2) is 0 Å². The van der Waals surface area contributed by atoms with E-state index in [-0.39, 0.29) is 0 Å². The Hall–Kier alpha value is -3.69. The van der Waals surface area contributed by atoms with E-state index >= 15 is 0 Å². The minimum absolute atomic E-state index is 1.10. The van der Waals surface area contributed by atoms with Crippen LogP contribution in [0.5, 0.6) is 0 Å². The summed E-state index contributed by atoms with van der Waals surface area (Å²) in [7, 11) is 0. The minimum atomic E-state index is -1.92. The van der Waals surface area contributed by atoms with Crippen LogP contribution in [0.3, 0.4) is 0 Å². The maximum absolute atomic E-state index is 10.9. The van der Waals surface area contributed by atoms with Gasteiger partial charge in [-0.05, 0) is 0 Å². The van der Waals surface area contributed by atoms with Crippen molar-refractivity contribution in [1.29, 1.82) is 0 Å². The van der Waals surface area contributed by atoms with Crippen molar-refractivity contribution in [1.82, 2.24) is 0 Å². The number of rotatable bonds is 6. The van der Waals surface area contributed by atoms with Crippen molar-refractivity contribution in [3.05, 3.63) is 55.6 Å². The van der Waals surface area contributed by atoms with Crippen LogP contribution >= 0.6 is 11.6 Å². The number of benzene rings is 1. The first-order valence-corrected chi connectivity index (χ1v) is 5.26. The van der Waals surface area contributed by atoms with E-state index in [1.54, 1.807) is 0 Å². The molecule has 0 spiro atoms. The molecular formula is C6HClN6O10. The third-order valence-corrected chi connectivity index (χ3v) is 2.64. The first kappa shape index (κ1) is 17.4. The quantitative estimate of drug-likeness (QED) is 0.570. The van der Waals surface area contributed by atoms with E-state index in [1.807, 2.05) is 0 Å². The minimum Gasteiger partial charge on any atom is -0.258 e. The van der Waals surface area contributed by atoms with Gasteiger partial charge in [0.2, 0.25) is 5.69 Å². The highest BCUT2D eigenvalue weighted by atomic mass is 35.5. The van der Waals surface area contributed by atoms with E-state index in [4.69, 9.17) is 11.6 Å². The molecule has 0 saturated heterocycles. The first-order chi connectivity index (χ1) is 10.5. The Balaban J connectivity index is 4.20. The van der Waals surface area contributed by atoms with Gasteiger partial charge >= 0.3 is 22.7 Å². The van der Waals surface area contributed by atoms with Crippen molar-refractivity contribution in [3.8, 4) is 0 Å². The Bertz CT molecular complexity index is 776. The molecule has 0 saturated carbocycles. The standard InChI is InChI=1S/C6HClN6O10/c7-1-2(8-13(22)23)4(10(16)17)6(12(20)21)5(11(18)19)3(1)9(14)15/h8H. The molecule has 0 bridgehead atoms. The van der Waals surface area contributed by atoms with Gasteiger partial charge < -0.3 is 0 Å². The zero-order valence-electron chi connectivity index (χ0n) is 10.2. The largest absolute Gasteiger partial charge is 0.432 e. The number of nitrogens with one attached hydrogen (secondary N) is 1. The lowest BCUT2D eigenvalue weighted by atomic mass is 10.1. The fourth-order valence-electron chi connectivity index (χ4n) is 1.55. The van der Waals surface area contributed by atoms with Crippen LogP contribution in [-0.2, 0) is 0 Å². The maximum atomic E-state index is 10.9. The SMILES string of the molecule is O=[N+]([O-])Nc1c(Cl)c([N+](=O)[O-])c([N+](=O)[O-])c([N+](=O)[O-])c1[N+](=O)[O-]. The summed E-state index contributed by atoms with van der Waals surface area (Å²) in [5.41, 5.74) is -7.57. The summed E-state index contributed by atoms with van der Waals surface area (Å²) < 4.78 is 0. The van der Waals surface area contributed by atoms with Crippen molar-refractivity contribution < 1.29 is 24.7 Å². The number of hydrogen-bond acceptors (Lipinski definition) is 10. The summed E-state index contributed by atoms with van der Waals surface area (Å²) in [5.74, 6) is 0. The van der Waals surface area contributed by atoms with Crippen molar-refractivity contribution in [2.24, 2.45) is 0 Å². The van der Waals surface area contributed by atoms with Gasteiger partial charge in [-0.15, -0.1) is 0 Å². The highest BCUT2D eigenvalue weighted by molar-refractivity contribution is 6.37. The van der Waals surface area contributed by atoms with E-state index < -0.39 is 58.2 Å². The van der Waals surface area contributed by atoms with Gasteiger partial charge in [0.25, 0.3) is 0 Å². The lowest BCUT2D eigenvalue weighted by Crippen LogP contribution is -2.14. The summed E-state index contributed by atoms with van der Waals surface area (Å²) in [6.45, 7) is 0. The van der Waals surface area contributed by atoms with Crippen molar-refractivity contribution >= 4 is 40.0 Å². The topological polar surface area (TPSA) is 228 Å². The molecule has 17 heteroatoms. The van der Waals surface area contributed by atoms with Crippen LogP contribution in [0.4, 0.5) is 28.4 Å². The Kier molecular flexibility index (Phi) is 4.51. The zero-order chi connectivity index (χ0) is 18.1. The van der Waals surface area contributed by atoms with Crippen LogP contribution in [-0.4, -0.2) is 24.7 Å². The molecule has 1 rings (SSSR count). The van der Waals surface area contributed by atoms with E-state index in [0.29, 0.717) is 0 Å². The molecule has 1 N–H and O–H groups in total. The molecule has 16 nitrogen and oxygen atoms in total. The van der Waals surface area contributed by atoms with Crippen LogP contribution in [0, 0.1) is 50.6 Å². The summed E-state index contributed by atoms with van der Waals surface area (Å²) in [6.07, 6.45) is 0. The van der Waals surface area contributed by atoms with E-state index in [2.05, 4.69) is 0 Å². The molecule has 0 atom stereocenters. The smallest absolute Gasteiger partial charge is 0.258 e. The summed E-state index contributed by atoms with van der Waals surface area (Å²) >= 11 is 5.38. The average Bonchev–Trinajstić information content (AvgIpc) is 2.37. The Morgan fingerprint density at radius 1 is 0.652 bits per heavy atom. The molecule has 0 aliphatic rings. The molecule has 0 unspecified atom stereocenters. The Morgan fingerprint density at radius 3 is 1.30 bits per heavy atom. The Morgan fingerprint density at radius 2 is 1.00 bits per heavy atom. The number of anilines is 1. The zero-order valence-corrected chi connectivity index (χ0v) is 11.0. The van der Waals surface area contributed by atoms with Gasteiger partial charge in [0.1, 0.15) is 0 Å². The maximum Gasteiger partial charge on any atom is 0.432 e. The van der Waals surface area contributed by atoms with Gasteiger partial charge in [0.05, 0.1) is 19.7 Å². The Labute approximate surface area is 127 Å². The van der Waals surface area contributed by atoms with Crippen LogP contribution in [0.1, 0.15) is 0 Å². The first-order valence-electron chi connectivity index (χ1n) is 4.88. The molecule has 23 heavy (non-hydrogen) atoms. The molecular weight excluding hydrogens is 352 g/mol. The number of nitro groups is 5. The molecule has 1 aromatic carbocycles. The summed E-state index contributed by atoms with van der Waals surface area (Å²) in [5, 5.41) is 51.2. The predicted octanol–water partition coefficient (Wildman–Crippen LogP) is 1.58. The lowest BCUT2D eigenvalue weighted by Gasteiger charge is -2.05. The molecule has 0 radical (unpaired) electrons. The molecule has 122 valence electrons. The molecule has 0 amide bonds. The number of hydrogen-bond donors (Lipinski definition) is 1. The van der Waals surface area contributed by atoms with E-state index in [9.17, 15) is 50.6 Å². The lowest BCUT2D eigenvalue weighted by molar-refractivity contribution is -0.456.